The smallest absolute Gasteiger partial charge is 0.317 e. The number of hydrogen-bond donors (Lipinski definition) is 2. The van der Waals surface area contributed by atoms with Crippen LogP contribution < -0.4 is 5.32 Å². The lowest BCUT2D eigenvalue weighted by atomic mass is 9.81. The lowest BCUT2D eigenvalue weighted by molar-refractivity contribution is -0.149. The average molecular weight is 294 g/mol. The van der Waals surface area contributed by atoms with Crippen molar-refractivity contribution in [3.8, 4) is 0 Å². The van der Waals surface area contributed by atoms with Gasteiger partial charge in [0.1, 0.15) is 0 Å². The molecule has 0 aromatic rings. The SMILES string of the molecule is CC1CCCCC1NC(=O)N1C[C@@H]2CCC[C@@]2(C(=O)O)C1. The van der Waals surface area contributed by atoms with Crippen LogP contribution in [0.2, 0.25) is 0 Å². The van der Waals surface area contributed by atoms with E-state index in [0.717, 1.165) is 25.7 Å². The number of carbonyl (C=O) groups excluding carboxylic acids is 1. The van der Waals surface area contributed by atoms with Crippen LogP contribution in [-0.2, 0) is 4.79 Å². The lowest BCUT2D eigenvalue weighted by Crippen LogP contribution is -2.48. The molecule has 4 atom stereocenters. The molecule has 2 N–H and O–H groups in total. The molecule has 0 radical (unpaired) electrons. The molecule has 3 aliphatic rings. The first kappa shape index (κ1) is 14.7. The van der Waals surface area contributed by atoms with Gasteiger partial charge in [-0.15, -0.1) is 0 Å². The fraction of sp³-hybridized carbons (Fsp3) is 0.875. The highest BCUT2D eigenvalue weighted by Crippen LogP contribution is 2.48. The average Bonchev–Trinajstić information content (AvgIpc) is 2.99. The second-order valence-electron chi connectivity index (χ2n) is 7.25. The maximum atomic E-state index is 12.5. The van der Waals surface area contributed by atoms with Gasteiger partial charge in [0, 0.05) is 19.1 Å². The summed E-state index contributed by atoms with van der Waals surface area (Å²) in [7, 11) is 0. The van der Waals surface area contributed by atoms with E-state index in [0.29, 0.717) is 19.0 Å². The number of hydrogen-bond acceptors (Lipinski definition) is 2. The summed E-state index contributed by atoms with van der Waals surface area (Å²) in [6, 6.07) is 0.205. The fourth-order valence-corrected chi connectivity index (χ4v) is 4.57. The van der Waals surface area contributed by atoms with Gasteiger partial charge >= 0.3 is 12.0 Å². The van der Waals surface area contributed by atoms with E-state index in [2.05, 4.69) is 12.2 Å². The molecule has 2 aliphatic carbocycles. The van der Waals surface area contributed by atoms with Crippen LogP contribution in [0.4, 0.5) is 4.79 Å². The van der Waals surface area contributed by atoms with Crippen molar-refractivity contribution in [2.45, 2.75) is 57.9 Å². The summed E-state index contributed by atoms with van der Waals surface area (Å²) >= 11 is 0. The maximum absolute atomic E-state index is 12.5. The molecule has 0 aromatic heterocycles. The summed E-state index contributed by atoms with van der Waals surface area (Å²) in [4.78, 5) is 25.9. The van der Waals surface area contributed by atoms with Gasteiger partial charge in [-0.2, -0.15) is 0 Å². The van der Waals surface area contributed by atoms with Crippen LogP contribution in [0.25, 0.3) is 0 Å². The van der Waals surface area contributed by atoms with Crippen molar-refractivity contribution < 1.29 is 14.7 Å². The Morgan fingerprint density at radius 2 is 1.95 bits per heavy atom. The maximum Gasteiger partial charge on any atom is 0.317 e. The number of aliphatic carboxylic acids is 1. The predicted molar refractivity (Wildman–Crippen MR) is 78.9 cm³/mol. The van der Waals surface area contributed by atoms with Gasteiger partial charge in [-0.3, -0.25) is 4.79 Å². The molecule has 0 spiro atoms. The quantitative estimate of drug-likeness (QED) is 0.822. The number of likely N-dealkylation sites (tertiary alicyclic amines) is 1. The zero-order valence-corrected chi connectivity index (χ0v) is 12.8. The van der Waals surface area contributed by atoms with E-state index in [-0.39, 0.29) is 18.0 Å². The minimum absolute atomic E-state index is 0.0521. The van der Waals surface area contributed by atoms with Gasteiger partial charge in [0.25, 0.3) is 0 Å². The van der Waals surface area contributed by atoms with Crippen LogP contribution in [-0.4, -0.2) is 41.1 Å². The molecule has 0 bridgehead atoms. The molecular weight excluding hydrogens is 268 g/mol. The first-order valence-electron chi connectivity index (χ1n) is 8.32. The van der Waals surface area contributed by atoms with Crippen LogP contribution in [0, 0.1) is 17.3 Å². The zero-order chi connectivity index (χ0) is 15.0. The molecule has 2 unspecified atom stereocenters. The summed E-state index contributed by atoms with van der Waals surface area (Å²) in [5.74, 6) is -0.0471. The van der Waals surface area contributed by atoms with Crippen molar-refractivity contribution in [2.75, 3.05) is 13.1 Å². The van der Waals surface area contributed by atoms with E-state index in [1.807, 2.05) is 0 Å². The van der Waals surface area contributed by atoms with Crippen molar-refractivity contribution in [3.05, 3.63) is 0 Å². The van der Waals surface area contributed by atoms with Gasteiger partial charge in [0.2, 0.25) is 0 Å². The lowest BCUT2D eigenvalue weighted by Gasteiger charge is -2.31. The van der Waals surface area contributed by atoms with E-state index in [1.54, 1.807) is 4.90 Å². The highest BCUT2D eigenvalue weighted by Gasteiger charge is 2.55. The first-order valence-corrected chi connectivity index (χ1v) is 8.32. The zero-order valence-electron chi connectivity index (χ0n) is 12.8. The van der Waals surface area contributed by atoms with Crippen molar-refractivity contribution in [3.63, 3.8) is 0 Å². The first-order chi connectivity index (χ1) is 10.0. The number of urea groups is 1. The van der Waals surface area contributed by atoms with Crippen molar-refractivity contribution in [1.82, 2.24) is 10.2 Å². The van der Waals surface area contributed by atoms with Crippen LogP contribution in [0.5, 0.6) is 0 Å². The van der Waals surface area contributed by atoms with Crippen molar-refractivity contribution in [1.29, 1.82) is 0 Å². The van der Waals surface area contributed by atoms with Gasteiger partial charge in [0.05, 0.1) is 5.41 Å². The Hall–Kier alpha value is -1.26. The number of nitrogens with one attached hydrogen (secondary N) is 1. The number of rotatable bonds is 2. The van der Waals surface area contributed by atoms with Gasteiger partial charge < -0.3 is 15.3 Å². The third kappa shape index (κ3) is 2.51. The van der Waals surface area contributed by atoms with Crippen molar-refractivity contribution >= 4 is 12.0 Å². The monoisotopic (exact) mass is 294 g/mol. The molecule has 5 nitrogen and oxygen atoms in total. The molecule has 2 amide bonds. The van der Waals surface area contributed by atoms with Gasteiger partial charge in [-0.25, -0.2) is 4.79 Å². The van der Waals surface area contributed by atoms with E-state index >= 15 is 0 Å². The molecule has 1 saturated heterocycles. The molecule has 1 aliphatic heterocycles. The van der Waals surface area contributed by atoms with Crippen LogP contribution in [0.1, 0.15) is 51.9 Å². The summed E-state index contributed by atoms with van der Waals surface area (Å²) in [5.41, 5.74) is -0.671. The Bertz CT molecular complexity index is 439. The molecular formula is C16H26N2O3. The summed E-state index contributed by atoms with van der Waals surface area (Å²) in [6.45, 7) is 3.20. The molecule has 2 saturated carbocycles. The molecule has 5 heteroatoms. The number of carboxylic acids is 1. The molecule has 3 fully saturated rings. The van der Waals surface area contributed by atoms with Crippen molar-refractivity contribution in [2.24, 2.45) is 17.3 Å². The predicted octanol–water partition coefficient (Wildman–Crippen LogP) is 2.46. The van der Waals surface area contributed by atoms with E-state index in [4.69, 9.17) is 0 Å². The number of fused-ring (bicyclic) bond motifs is 1. The topological polar surface area (TPSA) is 69.6 Å². The molecule has 3 rings (SSSR count). The summed E-state index contributed by atoms with van der Waals surface area (Å²) < 4.78 is 0. The van der Waals surface area contributed by atoms with Gasteiger partial charge in [0.15, 0.2) is 0 Å². The van der Waals surface area contributed by atoms with Crippen LogP contribution >= 0.6 is 0 Å². The Morgan fingerprint density at radius 1 is 1.19 bits per heavy atom. The minimum Gasteiger partial charge on any atom is -0.481 e. The fourth-order valence-electron chi connectivity index (χ4n) is 4.57. The molecule has 118 valence electrons. The summed E-state index contributed by atoms with van der Waals surface area (Å²) in [6.07, 6.45) is 7.29. The highest BCUT2D eigenvalue weighted by molar-refractivity contribution is 5.80. The van der Waals surface area contributed by atoms with Gasteiger partial charge in [-0.05, 0) is 37.5 Å². The van der Waals surface area contributed by atoms with Gasteiger partial charge in [-0.1, -0.05) is 26.2 Å². The Labute approximate surface area is 126 Å². The summed E-state index contributed by atoms with van der Waals surface area (Å²) in [5, 5.41) is 12.7. The van der Waals surface area contributed by atoms with E-state index < -0.39 is 11.4 Å². The minimum atomic E-state index is -0.716. The number of amides is 2. The Morgan fingerprint density at radius 3 is 2.62 bits per heavy atom. The number of carbonyl (C=O) groups is 2. The second-order valence-corrected chi connectivity index (χ2v) is 7.25. The molecule has 21 heavy (non-hydrogen) atoms. The van der Waals surface area contributed by atoms with E-state index in [9.17, 15) is 14.7 Å². The number of nitrogens with zero attached hydrogens (tertiary/aromatic N) is 1. The molecule has 1 heterocycles. The third-order valence-corrected chi connectivity index (χ3v) is 6.00. The largest absolute Gasteiger partial charge is 0.481 e. The van der Waals surface area contributed by atoms with E-state index in [1.165, 1.54) is 19.3 Å². The number of carboxylic acid groups (broad SMARTS) is 1. The third-order valence-electron chi connectivity index (χ3n) is 6.00. The van der Waals surface area contributed by atoms with Crippen LogP contribution in [0.15, 0.2) is 0 Å². The Kier molecular flexibility index (Phi) is 3.84. The Balaban J connectivity index is 1.63. The normalized spacial score (nSPS) is 39.1. The van der Waals surface area contributed by atoms with Crippen LogP contribution in [0.3, 0.4) is 0 Å². The molecule has 0 aromatic carbocycles. The highest BCUT2D eigenvalue weighted by atomic mass is 16.4. The second kappa shape index (κ2) is 5.50. The standard InChI is InChI=1S/C16H26N2O3/c1-11-5-2-3-7-13(11)17-15(21)18-9-12-6-4-8-16(12,10-18)14(19)20/h11-13H,2-10H2,1H3,(H,17,21)(H,19,20)/t11?,12-,13?,16+/m0/s1.